The van der Waals surface area contributed by atoms with Crippen LogP contribution in [0.15, 0.2) is 24.3 Å². The molecular formula is C34H66Cl2NiP2. The molecule has 0 aromatic carbocycles. The first kappa shape index (κ1) is 40.4. The molecule has 0 bridgehead atoms. The summed E-state index contributed by atoms with van der Waals surface area (Å²) in [4.78, 5) is 0. The van der Waals surface area contributed by atoms with E-state index in [0.717, 1.165) is 11.8 Å². The SMILES string of the molecule is CC(C)(C)P(CC=CC1CCCCC1)C(C)(C)C.CC(C)(C)P(CC=CC1CCCCC1)C(C)(C)C.[Cl][Ni][Cl]. The molecule has 2 saturated carbocycles. The molecule has 0 heterocycles. The first-order chi connectivity index (χ1) is 17.8. The van der Waals surface area contributed by atoms with E-state index in [9.17, 15) is 0 Å². The Balaban J connectivity index is 0.000000673. The molecule has 0 atom stereocenters. The summed E-state index contributed by atoms with van der Waals surface area (Å²) in [6.45, 7) is 29.0. The average Bonchev–Trinajstić information content (AvgIpc) is 2.79. The fraction of sp³-hybridized carbons (Fsp3) is 0.882. The second-order valence-electron chi connectivity index (χ2n) is 15.6. The third-order valence-electron chi connectivity index (χ3n) is 7.93. The molecule has 0 unspecified atom stereocenters. The first-order valence-electron chi connectivity index (χ1n) is 15.5. The second-order valence-corrected chi connectivity index (χ2v) is 25.0. The molecule has 5 heteroatoms. The zero-order valence-corrected chi connectivity index (χ0v) is 32.2. The summed E-state index contributed by atoms with van der Waals surface area (Å²) in [5.74, 6) is 1.77. The maximum absolute atomic E-state index is 4.70. The standard InChI is InChI=1S/2C17H33P.2ClH.Ni/c2*1-16(2,3)18(17(4,5)6)14-10-13-15-11-8-7-9-12-15;;;/h2*10,13,15H,7-9,11-12,14H2,1-6H3;2*1H;/q;;;;+2/p-2. The zero-order chi connectivity index (χ0) is 30.3. The number of allylic oxidation sites excluding steroid dienone is 4. The monoisotopic (exact) mass is 664 g/mol. The molecule has 2 aliphatic rings. The number of hydrogen-bond acceptors (Lipinski definition) is 0. The molecule has 0 saturated heterocycles. The van der Waals surface area contributed by atoms with Crippen LogP contribution < -0.4 is 0 Å². The fourth-order valence-corrected chi connectivity index (χ4v) is 13.4. The minimum atomic E-state index is 0.0435. The summed E-state index contributed by atoms with van der Waals surface area (Å²) in [5, 5.41) is 1.85. The molecule has 2 rings (SSSR count). The molecule has 236 valence electrons. The molecule has 0 spiro atoms. The molecule has 0 N–H and O–H groups in total. The van der Waals surface area contributed by atoms with Crippen molar-refractivity contribution in [2.45, 2.75) is 168 Å². The predicted molar refractivity (Wildman–Crippen MR) is 186 cm³/mol. The molecular weight excluding hydrogens is 600 g/mol. The topological polar surface area (TPSA) is 0 Å². The Hall–Kier alpha value is 1.41. The van der Waals surface area contributed by atoms with Crippen LogP contribution in [0.4, 0.5) is 0 Å². The summed E-state index contributed by atoms with van der Waals surface area (Å²) in [6, 6.07) is 0. The Morgan fingerprint density at radius 3 is 0.949 bits per heavy atom. The summed E-state index contributed by atoms with van der Waals surface area (Å²) < 4.78 is 0. The van der Waals surface area contributed by atoms with Gasteiger partial charge in [0.2, 0.25) is 0 Å². The molecule has 0 radical (unpaired) electrons. The summed E-state index contributed by atoms with van der Waals surface area (Å²) in [5.41, 5.74) is 0. The summed E-state index contributed by atoms with van der Waals surface area (Å²) in [7, 11) is 9.49. The summed E-state index contributed by atoms with van der Waals surface area (Å²) in [6.07, 6.45) is 27.1. The fourth-order valence-electron chi connectivity index (χ4n) is 6.48. The van der Waals surface area contributed by atoms with Gasteiger partial charge in [-0.2, -0.15) is 0 Å². The first-order valence-corrected chi connectivity index (χ1v) is 21.3. The third kappa shape index (κ3) is 19.3. The predicted octanol–water partition coefficient (Wildman–Crippen LogP) is 13.8. The van der Waals surface area contributed by atoms with Crippen molar-refractivity contribution in [3.63, 3.8) is 0 Å². The molecule has 0 aliphatic heterocycles. The van der Waals surface area contributed by atoms with Crippen molar-refractivity contribution in [1.82, 2.24) is 0 Å². The average molecular weight is 666 g/mol. The normalized spacial score (nSPS) is 19.0. The van der Waals surface area contributed by atoms with E-state index in [1.807, 2.05) is 0 Å². The Morgan fingerprint density at radius 1 is 0.513 bits per heavy atom. The van der Waals surface area contributed by atoms with Crippen LogP contribution in [0.1, 0.15) is 147 Å². The van der Waals surface area contributed by atoms with E-state index in [1.54, 1.807) is 0 Å². The van der Waals surface area contributed by atoms with Crippen molar-refractivity contribution < 1.29 is 12.7 Å². The number of rotatable bonds is 6. The zero-order valence-electron chi connectivity index (χ0n) is 27.9. The van der Waals surface area contributed by atoms with Crippen molar-refractivity contribution in [3.05, 3.63) is 24.3 Å². The van der Waals surface area contributed by atoms with Crippen LogP contribution in [0.2, 0.25) is 0 Å². The molecule has 2 aliphatic carbocycles. The van der Waals surface area contributed by atoms with Gasteiger partial charge in [-0.1, -0.05) is 162 Å². The van der Waals surface area contributed by atoms with Gasteiger partial charge in [0.25, 0.3) is 0 Å². The third-order valence-corrected chi connectivity index (χ3v) is 15.6. The Labute approximate surface area is 263 Å². The van der Waals surface area contributed by atoms with Crippen LogP contribution in [0.5, 0.6) is 0 Å². The van der Waals surface area contributed by atoms with Crippen LogP contribution in [0.25, 0.3) is 0 Å². The van der Waals surface area contributed by atoms with Crippen molar-refractivity contribution in [2.75, 3.05) is 12.3 Å². The van der Waals surface area contributed by atoms with Crippen molar-refractivity contribution >= 4 is 36.2 Å². The van der Waals surface area contributed by atoms with Crippen molar-refractivity contribution in [2.24, 2.45) is 11.8 Å². The molecule has 0 aromatic rings. The van der Waals surface area contributed by atoms with Crippen LogP contribution in [-0.4, -0.2) is 32.9 Å². The molecule has 0 nitrogen and oxygen atoms in total. The van der Waals surface area contributed by atoms with Gasteiger partial charge in [0, 0.05) is 0 Å². The van der Waals surface area contributed by atoms with E-state index in [4.69, 9.17) is 20.4 Å². The van der Waals surface area contributed by atoms with Gasteiger partial charge >= 0.3 is 33.0 Å². The van der Waals surface area contributed by atoms with Gasteiger partial charge in [-0.05, 0) is 70.5 Å². The van der Waals surface area contributed by atoms with Gasteiger partial charge in [-0.15, -0.1) is 0 Å². The van der Waals surface area contributed by atoms with Gasteiger partial charge in [-0.25, -0.2) is 0 Å². The van der Waals surface area contributed by atoms with E-state index in [-0.39, 0.29) is 15.8 Å². The molecule has 2 fully saturated rings. The number of halogens is 2. The molecule has 39 heavy (non-hydrogen) atoms. The summed E-state index contributed by atoms with van der Waals surface area (Å²) >= 11 is 0.569. The van der Waals surface area contributed by atoms with Gasteiger partial charge in [-0.3, -0.25) is 0 Å². The quantitative estimate of drug-likeness (QED) is 0.150. The molecule has 0 amide bonds. The van der Waals surface area contributed by atoms with Crippen LogP contribution >= 0.6 is 36.2 Å². The van der Waals surface area contributed by atoms with Gasteiger partial charge in [0.15, 0.2) is 0 Å². The van der Waals surface area contributed by atoms with E-state index in [0.29, 0.717) is 33.3 Å². The van der Waals surface area contributed by atoms with Crippen LogP contribution in [0.3, 0.4) is 0 Å². The van der Waals surface area contributed by atoms with Crippen molar-refractivity contribution in [1.29, 1.82) is 0 Å². The Morgan fingerprint density at radius 2 is 0.744 bits per heavy atom. The maximum atomic E-state index is 4.70. The van der Waals surface area contributed by atoms with Gasteiger partial charge in [0.1, 0.15) is 0 Å². The van der Waals surface area contributed by atoms with E-state index in [1.165, 1.54) is 76.5 Å². The van der Waals surface area contributed by atoms with E-state index < -0.39 is 0 Å². The van der Waals surface area contributed by atoms with Crippen LogP contribution in [-0.2, 0) is 12.7 Å². The van der Waals surface area contributed by atoms with Gasteiger partial charge in [0.05, 0.1) is 0 Å². The number of hydrogen-bond donors (Lipinski definition) is 0. The van der Waals surface area contributed by atoms with Crippen molar-refractivity contribution in [3.8, 4) is 0 Å². The van der Waals surface area contributed by atoms with Crippen LogP contribution in [0, 0.1) is 11.8 Å². The van der Waals surface area contributed by atoms with Gasteiger partial charge < -0.3 is 0 Å². The Bertz CT molecular complexity index is 579. The molecule has 0 aromatic heterocycles. The second kappa shape index (κ2) is 19.6. The van der Waals surface area contributed by atoms with E-state index >= 15 is 0 Å². The Kier molecular flexibility index (Phi) is 20.4. The van der Waals surface area contributed by atoms with E-state index in [2.05, 4.69) is 107 Å². The minimum absolute atomic E-state index is 0.0435.